The number of hydrogen-bond acceptors (Lipinski definition) is 5. The highest BCUT2D eigenvalue weighted by Gasteiger charge is 2.30. The first-order valence-electron chi connectivity index (χ1n) is 9.35. The summed E-state index contributed by atoms with van der Waals surface area (Å²) in [6.07, 6.45) is 12.2. The van der Waals surface area contributed by atoms with Crippen molar-refractivity contribution in [3.05, 3.63) is 60.3 Å². The van der Waals surface area contributed by atoms with Gasteiger partial charge in [0.2, 0.25) is 0 Å². The third-order valence-corrected chi connectivity index (χ3v) is 5.45. The summed E-state index contributed by atoms with van der Waals surface area (Å²) in [5.74, 6) is 0.177. The largest absolute Gasteiger partial charge is 0.507 e. The Morgan fingerprint density at radius 1 is 1.07 bits per heavy atom. The summed E-state index contributed by atoms with van der Waals surface area (Å²) in [5, 5.41) is 22.8. The summed E-state index contributed by atoms with van der Waals surface area (Å²) in [6.45, 7) is 0. The number of imidazole rings is 1. The van der Waals surface area contributed by atoms with E-state index in [1.807, 2.05) is 35.0 Å². The van der Waals surface area contributed by atoms with E-state index in [0.29, 0.717) is 23.3 Å². The monoisotopic (exact) mass is 359 g/mol. The lowest BCUT2D eigenvalue weighted by Crippen LogP contribution is -2.34. The number of phenolic OH excluding ortho intramolecular Hbond substituents is 1. The van der Waals surface area contributed by atoms with Crippen LogP contribution in [0.1, 0.15) is 31.4 Å². The van der Waals surface area contributed by atoms with E-state index >= 15 is 0 Å². The molecule has 0 amide bonds. The van der Waals surface area contributed by atoms with E-state index in [4.69, 9.17) is 0 Å². The summed E-state index contributed by atoms with van der Waals surface area (Å²) in [5.41, 5.74) is 4.52. The van der Waals surface area contributed by atoms with E-state index in [0.717, 1.165) is 24.2 Å². The molecule has 136 valence electrons. The van der Waals surface area contributed by atoms with Crippen LogP contribution in [0.15, 0.2) is 54.6 Å². The van der Waals surface area contributed by atoms with Gasteiger partial charge in [-0.3, -0.25) is 0 Å². The van der Waals surface area contributed by atoms with Crippen molar-refractivity contribution in [1.82, 2.24) is 25.1 Å². The summed E-state index contributed by atoms with van der Waals surface area (Å²) >= 11 is 0. The molecule has 0 spiro atoms. The van der Waals surface area contributed by atoms with Gasteiger partial charge in [-0.1, -0.05) is 5.57 Å². The third-order valence-electron chi connectivity index (χ3n) is 5.45. The molecular weight excluding hydrogens is 338 g/mol. The van der Waals surface area contributed by atoms with Gasteiger partial charge < -0.3 is 15.0 Å². The van der Waals surface area contributed by atoms with Crippen LogP contribution in [-0.4, -0.2) is 36.9 Å². The normalized spacial score (nSPS) is 23.0. The van der Waals surface area contributed by atoms with Gasteiger partial charge in [0.1, 0.15) is 5.75 Å². The molecule has 6 heteroatoms. The van der Waals surface area contributed by atoms with Crippen LogP contribution in [0.4, 0.5) is 0 Å². The van der Waals surface area contributed by atoms with E-state index in [9.17, 15) is 5.11 Å². The highest BCUT2D eigenvalue weighted by Crippen LogP contribution is 2.32. The molecule has 6 nitrogen and oxygen atoms in total. The molecular formula is C21H21N5O. The molecule has 0 saturated carbocycles. The minimum atomic E-state index is 0.177. The van der Waals surface area contributed by atoms with Gasteiger partial charge >= 0.3 is 0 Å². The lowest BCUT2D eigenvalue weighted by Gasteiger charge is -2.23. The van der Waals surface area contributed by atoms with Crippen LogP contribution in [0, 0.1) is 0 Å². The molecule has 5 rings (SSSR count). The fourth-order valence-corrected chi connectivity index (χ4v) is 4.14. The van der Waals surface area contributed by atoms with Crippen molar-refractivity contribution in [3.8, 4) is 22.7 Å². The number of benzene rings is 1. The Balaban J connectivity index is 1.37. The molecule has 1 aromatic carbocycles. The molecule has 2 aromatic heterocycles. The fraction of sp³-hybridized carbons (Fsp3) is 0.286. The maximum Gasteiger partial charge on any atom is 0.127 e. The van der Waals surface area contributed by atoms with Crippen molar-refractivity contribution in [2.24, 2.45) is 0 Å². The quantitative estimate of drug-likeness (QED) is 0.750. The van der Waals surface area contributed by atoms with Gasteiger partial charge in [-0.2, -0.15) is 5.10 Å². The lowest BCUT2D eigenvalue weighted by atomic mass is 9.98. The molecule has 3 aromatic rings. The summed E-state index contributed by atoms with van der Waals surface area (Å²) in [7, 11) is 0. The first-order valence-corrected chi connectivity index (χ1v) is 9.35. The maximum atomic E-state index is 10.4. The smallest absolute Gasteiger partial charge is 0.127 e. The second-order valence-electron chi connectivity index (χ2n) is 7.36. The lowest BCUT2D eigenvalue weighted by molar-refractivity contribution is 0.476. The van der Waals surface area contributed by atoms with E-state index in [1.54, 1.807) is 18.6 Å². The zero-order chi connectivity index (χ0) is 18.2. The number of aromatic nitrogens is 4. The van der Waals surface area contributed by atoms with Crippen LogP contribution >= 0.6 is 0 Å². The highest BCUT2D eigenvalue weighted by atomic mass is 16.3. The van der Waals surface area contributed by atoms with Crippen LogP contribution in [0.3, 0.4) is 0 Å². The molecule has 2 N–H and O–H groups in total. The van der Waals surface area contributed by atoms with Crippen LogP contribution in [-0.2, 0) is 0 Å². The van der Waals surface area contributed by atoms with Crippen molar-refractivity contribution in [1.29, 1.82) is 0 Å². The second kappa shape index (κ2) is 6.63. The number of phenols is 1. The average molecular weight is 359 g/mol. The predicted octanol–water partition coefficient (Wildman–Crippen LogP) is 3.33. The van der Waals surface area contributed by atoms with Gasteiger partial charge in [0.15, 0.2) is 0 Å². The summed E-state index contributed by atoms with van der Waals surface area (Å²) in [6, 6.07) is 10.7. The summed E-state index contributed by atoms with van der Waals surface area (Å²) in [4.78, 5) is 4.03. The fourth-order valence-electron chi connectivity index (χ4n) is 4.14. The number of aromatic hydroxyl groups is 1. The van der Waals surface area contributed by atoms with Crippen LogP contribution in [0.25, 0.3) is 23.0 Å². The topological polar surface area (TPSA) is 75.9 Å². The number of piperidine rings is 1. The van der Waals surface area contributed by atoms with Crippen LogP contribution < -0.4 is 5.32 Å². The Morgan fingerprint density at radius 3 is 2.59 bits per heavy atom. The van der Waals surface area contributed by atoms with Gasteiger partial charge in [-0.15, -0.1) is 5.10 Å². The molecule has 0 aliphatic carbocycles. The van der Waals surface area contributed by atoms with Crippen molar-refractivity contribution < 1.29 is 5.11 Å². The number of nitrogens with zero attached hydrogens (tertiary/aromatic N) is 4. The Morgan fingerprint density at radius 2 is 1.93 bits per heavy atom. The number of hydrogen-bond donors (Lipinski definition) is 2. The molecule has 2 fully saturated rings. The SMILES string of the molecule is Oc1cc(-n2ccnc2)ccc1-c1ccc(/C=C2/C[C@H]3CC[C@@H](C2)N3)nn1. The third kappa shape index (κ3) is 3.24. The predicted molar refractivity (Wildman–Crippen MR) is 103 cm³/mol. The molecule has 2 aliphatic rings. The van der Waals surface area contributed by atoms with Crippen LogP contribution in [0.2, 0.25) is 0 Å². The van der Waals surface area contributed by atoms with Gasteiger partial charge in [0, 0.05) is 36.1 Å². The molecule has 2 saturated heterocycles. The Bertz CT molecular complexity index is 964. The van der Waals surface area contributed by atoms with Crippen molar-refractivity contribution in [2.75, 3.05) is 0 Å². The zero-order valence-electron chi connectivity index (χ0n) is 14.9. The number of rotatable bonds is 3. The number of fused-ring (bicyclic) bond motifs is 2. The number of nitrogens with one attached hydrogen (secondary N) is 1. The highest BCUT2D eigenvalue weighted by molar-refractivity contribution is 5.69. The van der Waals surface area contributed by atoms with Gasteiger partial charge in [0.05, 0.1) is 23.4 Å². The van der Waals surface area contributed by atoms with Crippen molar-refractivity contribution >= 4 is 6.08 Å². The average Bonchev–Trinajstić information content (AvgIpc) is 3.32. The first kappa shape index (κ1) is 16.2. The minimum absolute atomic E-state index is 0.177. The molecule has 4 heterocycles. The molecule has 0 radical (unpaired) electrons. The van der Waals surface area contributed by atoms with Crippen LogP contribution in [0.5, 0.6) is 5.75 Å². The Hall–Kier alpha value is -2.99. The zero-order valence-corrected chi connectivity index (χ0v) is 14.9. The van der Waals surface area contributed by atoms with E-state index in [1.165, 1.54) is 18.4 Å². The van der Waals surface area contributed by atoms with E-state index in [2.05, 4.69) is 26.6 Å². The second-order valence-corrected chi connectivity index (χ2v) is 7.36. The van der Waals surface area contributed by atoms with Gasteiger partial charge in [-0.05, 0) is 56.0 Å². The maximum absolute atomic E-state index is 10.4. The Labute approximate surface area is 157 Å². The van der Waals surface area contributed by atoms with E-state index in [-0.39, 0.29) is 5.75 Å². The molecule has 0 unspecified atom stereocenters. The minimum Gasteiger partial charge on any atom is -0.507 e. The van der Waals surface area contributed by atoms with Gasteiger partial charge in [-0.25, -0.2) is 4.98 Å². The molecule has 2 aliphatic heterocycles. The Kier molecular flexibility index (Phi) is 3.98. The van der Waals surface area contributed by atoms with Crippen molar-refractivity contribution in [2.45, 2.75) is 37.8 Å². The van der Waals surface area contributed by atoms with E-state index < -0.39 is 0 Å². The summed E-state index contributed by atoms with van der Waals surface area (Å²) < 4.78 is 1.84. The van der Waals surface area contributed by atoms with Gasteiger partial charge in [0.25, 0.3) is 0 Å². The molecule has 2 atom stereocenters. The molecule has 27 heavy (non-hydrogen) atoms. The van der Waals surface area contributed by atoms with Crippen molar-refractivity contribution in [3.63, 3.8) is 0 Å². The standard InChI is InChI=1S/C21H21N5O/c27-21-12-18(26-8-7-22-13-26)4-5-19(21)20-6-3-17(24-25-20)11-14-9-15-1-2-16(10-14)23-15/h3-8,11-13,15-16,23,27H,1-2,9-10H2/b14-11-/t15-,16+/m1/s1. The molecule has 2 bridgehead atoms. The first-order chi connectivity index (χ1) is 13.2.